The summed E-state index contributed by atoms with van der Waals surface area (Å²) < 4.78 is 34.9. The predicted octanol–water partition coefficient (Wildman–Crippen LogP) is 4.25. The number of pyridine rings is 1. The number of carbonyl (C=O) groups is 2. The van der Waals surface area contributed by atoms with Crippen molar-refractivity contribution in [3.63, 3.8) is 0 Å². The molecule has 0 radical (unpaired) electrons. The fourth-order valence-corrected chi connectivity index (χ4v) is 5.35. The fraction of sp³-hybridized carbons (Fsp3) is 0.320. The third kappa shape index (κ3) is 5.20. The van der Waals surface area contributed by atoms with Crippen LogP contribution in [0, 0.1) is 16.0 Å². The van der Waals surface area contributed by atoms with Crippen molar-refractivity contribution in [3.8, 4) is 0 Å². The van der Waals surface area contributed by atoms with Gasteiger partial charge in [0.05, 0.1) is 27.5 Å². The second-order valence-corrected chi connectivity index (χ2v) is 11.9. The van der Waals surface area contributed by atoms with E-state index >= 15 is 0 Å². The first kappa shape index (κ1) is 27.7. The van der Waals surface area contributed by atoms with Crippen LogP contribution in [0.3, 0.4) is 0 Å². The van der Waals surface area contributed by atoms with Gasteiger partial charge in [-0.1, -0.05) is 26.0 Å². The number of ether oxygens (including phenoxy) is 1. The lowest BCUT2D eigenvalue weighted by Crippen LogP contribution is -2.40. The molecule has 0 saturated carbocycles. The molecule has 0 aliphatic carbocycles. The van der Waals surface area contributed by atoms with Crippen LogP contribution in [-0.2, 0) is 19.6 Å². The van der Waals surface area contributed by atoms with Gasteiger partial charge < -0.3 is 15.8 Å². The lowest BCUT2D eigenvalue weighted by Gasteiger charge is -2.29. The Morgan fingerprint density at radius 1 is 1.18 bits per heavy atom. The summed E-state index contributed by atoms with van der Waals surface area (Å²) in [5.74, 6) is -0.781. The number of para-hydroxylation sites is 1. The molecule has 206 valence electrons. The van der Waals surface area contributed by atoms with Gasteiger partial charge in [0.1, 0.15) is 11.8 Å². The minimum Gasteiger partial charge on any atom is -0.443 e. The van der Waals surface area contributed by atoms with Crippen molar-refractivity contribution in [2.24, 2.45) is 11.7 Å². The van der Waals surface area contributed by atoms with E-state index in [1.54, 1.807) is 40.7 Å². The normalized spacial score (nSPS) is 14.9. The summed E-state index contributed by atoms with van der Waals surface area (Å²) in [5.41, 5.74) is 5.66. The number of hydrogen-bond acceptors (Lipinski definition) is 9. The summed E-state index contributed by atoms with van der Waals surface area (Å²) in [6, 6.07) is 7.72. The first-order valence-corrected chi connectivity index (χ1v) is 13.4. The number of amides is 2. The minimum atomic E-state index is -4.57. The monoisotopic (exact) mass is 556 g/mol. The number of nitrogens with two attached hydrogens (primary N) is 1. The average Bonchev–Trinajstić information content (AvgIpc) is 3.14. The average molecular weight is 557 g/mol. The highest BCUT2D eigenvalue weighted by Crippen LogP contribution is 2.49. The molecule has 13 nitrogen and oxygen atoms in total. The topological polar surface area (TPSA) is 187 Å². The molecule has 39 heavy (non-hydrogen) atoms. The van der Waals surface area contributed by atoms with Gasteiger partial charge in [-0.3, -0.25) is 29.5 Å². The number of anilines is 3. The van der Waals surface area contributed by atoms with Gasteiger partial charge in [-0.05, 0) is 39.0 Å². The van der Waals surface area contributed by atoms with Gasteiger partial charge >= 0.3 is 6.09 Å². The number of hydrogen-bond donors (Lipinski definition) is 3. The van der Waals surface area contributed by atoms with E-state index in [0.29, 0.717) is 10.9 Å². The van der Waals surface area contributed by atoms with Gasteiger partial charge in [0.2, 0.25) is 5.91 Å². The van der Waals surface area contributed by atoms with Crippen LogP contribution in [-0.4, -0.2) is 35.9 Å². The first-order chi connectivity index (χ1) is 18.1. The SMILES string of the molecule is CC(C)C(=O)Nc1cc(NS(=O)(=O)c2ccccc2[N+](=O)[O-])c2c3c(ccnc13)C(N)N2C(=O)OC(C)(C)C. The highest BCUT2D eigenvalue weighted by atomic mass is 32.2. The van der Waals surface area contributed by atoms with Crippen molar-refractivity contribution in [2.75, 3.05) is 14.9 Å². The van der Waals surface area contributed by atoms with E-state index in [1.807, 2.05) is 0 Å². The van der Waals surface area contributed by atoms with E-state index in [2.05, 4.69) is 15.0 Å². The van der Waals surface area contributed by atoms with Crippen molar-refractivity contribution in [1.29, 1.82) is 0 Å². The van der Waals surface area contributed by atoms with Crippen LogP contribution in [0.4, 0.5) is 27.5 Å². The molecule has 0 bridgehead atoms. The minimum absolute atomic E-state index is 0.0413. The number of benzene rings is 2. The molecule has 2 amide bonds. The van der Waals surface area contributed by atoms with Gasteiger partial charge in [-0.2, -0.15) is 0 Å². The van der Waals surface area contributed by atoms with Crippen LogP contribution in [0.15, 0.2) is 47.5 Å². The molecule has 2 heterocycles. The zero-order chi connectivity index (χ0) is 28.9. The smallest absolute Gasteiger partial charge is 0.416 e. The summed E-state index contributed by atoms with van der Waals surface area (Å²) in [5, 5.41) is 14.6. The number of rotatable bonds is 6. The Morgan fingerprint density at radius 2 is 1.85 bits per heavy atom. The number of aromatic nitrogens is 1. The molecule has 1 aliphatic heterocycles. The lowest BCUT2D eigenvalue weighted by atomic mass is 10.1. The lowest BCUT2D eigenvalue weighted by molar-refractivity contribution is -0.387. The van der Waals surface area contributed by atoms with Crippen molar-refractivity contribution in [2.45, 2.75) is 51.3 Å². The molecular weight excluding hydrogens is 528 g/mol. The maximum Gasteiger partial charge on any atom is 0.416 e. The second kappa shape index (κ2) is 9.78. The molecule has 1 unspecified atom stereocenters. The van der Waals surface area contributed by atoms with Crippen LogP contribution in [0.1, 0.15) is 46.3 Å². The third-order valence-electron chi connectivity index (χ3n) is 5.82. The molecule has 3 aromatic rings. The first-order valence-electron chi connectivity index (χ1n) is 11.9. The van der Waals surface area contributed by atoms with E-state index in [9.17, 15) is 28.1 Å². The molecule has 0 fully saturated rings. The van der Waals surface area contributed by atoms with Gasteiger partial charge in [-0.25, -0.2) is 13.2 Å². The number of carbonyl (C=O) groups excluding carboxylic acids is 2. The number of nitro groups is 1. The summed E-state index contributed by atoms with van der Waals surface area (Å²) in [6.45, 7) is 8.36. The van der Waals surface area contributed by atoms with Crippen LogP contribution in [0.25, 0.3) is 10.9 Å². The standard InChI is InChI=1S/C25H28N6O7S/c1-13(2)23(32)28-15-12-16(29-39(36,37)18-9-7-6-8-17(18)31(34)35)21-19-14(10-11-27-20(15)19)22(26)30(21)24(33)38-25(3,4)5/h6-13,22,29H,26H2,1-5H3,(H,28,32). The van der Waals surface area contributed by atoms with Crippen LogP contribution in [0.5, 0.6) is 0 Å². The zero-order valence-electron chi connectivity index (χ0n) is 21.9. The largest absolute Gasteiger partial charge is 0.443 e. The molecule has 1 atom stereocenters. The van der Waals surface area contributed by atoms with Crippen LogP contribution in [0.2, 0.25) is 0 Å². The van der Waals surface area contributed by atoms with E-state index in [0.717, 1.165) is 17.0 Å². The number of nitrogens with zero attached hydrogens (tertiary/aromatic N) is 3. The molecule has 14 heteroatoms. The summed E-state index contributed by atoms with van der Waals surface area (Å²) in [4.78, 5) is 41.6. The highest BCUT2D eigenvalue weighted by molar-refractivity contribution is 7.92. The van der Waals surface area contributed by atoms with Crippen molar-refractivity contribution < 1.29 is 27.7 Å². The molecule has 1 aromatic heterocycles. The third-order valence-corrected chi connectivity index (χ3v) is 7.24. The molecular formula is C25H28N6O7S. The van der Waals surface area contributed by atoms with Crippen molar-refractivity contribution in [3.05, 3.63) is 58.3 Å². The number of nitrogens with one attached hydrogen (secondary N) is 2. The molecule has 4 N–H and O–H groups in total. The Hall–Kier alpha value is -4.30. The van der Waals surface area contributed by atoms with Gasteiger partial charge in [0.25, 0.3) is 15.7 Å². The summed E-state index contributed by atoms with van der Waals surface area (Å²) in [7, 11) is -4.57. The van der Waals surface area contributed by atoms with Crippen molar-refractivity contribution >= 4 is 55.7 Å². The predicted molar refractivity (Wildman–Crippen MR) is 145 cm³/mol. The number of sulfonamides is 1. The summed E-state index contributed by atoms with van der Waals surface area (Å²) >= 11 is 0. The molecule has 1 aliphatic rings. The Balaban J connectivity index is 1.98. The second-order valence-electron chi connectivity index (χ2n) is 10.2. The molecule has 0 saturated heterocycles. The Bertz CT molecular complexity index is 1620. The van der Waals surface area contributed by atoms with E-state index < -0.39 is 49.3 Å². The van der Waals surface area contributed by atoms with Gasteiger partial charge in [-0.15, -0.1) is 0 Å². The zero-order valence-corrected chi connectivity index (χ0v) is 22.7. The van der Waals surface area contributed by atoms with Gasteiger partial charge in [0.15, 0.2) is 4.90 Å². The Labute approximate surface area is 224 Å². The number of nitro benzene ring substituents is 1. The Kier molecular flexibility index (Phi) is 6.95. The molecule has 4 rings (SSSR count). The van der Waals surface area contributed by atoms with E-state index in [1.165, 1.54) is 24.4 Å². The quantitative estimate of drug-likeness (QED) is 0.294. The maximum atomic E-state index is 13.5. The summed E-state index contributed by atoms with van der Waals surface area (Å²) in [6.07, 6.45) is -0.467. The Morgan fingerprint density at radius 3 is 2.46 bits per heavy atom. The van der Waals surface area contributed by atoms with Gasteiger partial charge in [0, 0.05) is 29.1 Å². The van der Waals surface area contributed by atoms with E-state index in [4.69, 9.17) is 10.5 Å². The van der Waals surface area contributed by atoms with Crippen molar-refractivity contribution in [1.82, 2.24) is 4.98 Å². The molecule has 2 aromatic carbocycles. The van der Waals surface area contributed by atoms with Crippen LogP contribution >= 0.6 is 0 Å². The molecule has 0 spiro atoms. The fourth-order valence-electron chi connectivity index (χ4n) is 4.12. The van der Waals surface area contributed by atoms with E-state index in [-0.39, 0.29) is 28.5 Å². The maximum absolute atomic E-state index is 13.5. The highest BCUT2D eigenvalue weighted by Gasteiger charge is 2.40. The van der Waals surface area contributed by atoms with Crippen LogP contribution < -0.4 is 20.7 Å².